The van der Waals surface area contributed by atoms with Gasteiger partial charge in [0.2, 0.25) is 0 Å². The predicted molar refractivity (Wildman–Crippen MR) is 59.4 cm³/mol. The standard InChI is InChI=1S/C12H16F3N/c13-9-5-1-2-8-12(15)16-11-7-4-3-6-10(11)14/h3-4,6-7,12,16H,1-2,5,8-9H2. The molecule has 4 heteroatoms. The van der Waals surface area contributed by atoms with E-state index < -0.39 is 12.1 Å². The van der Waals surface area contributed by atoms with E-state index in [2.05, 4.69) is 5.32 Å². The van der Waals surface area contributed by atoms with Crippen molar-refractivity contribution in [2.45, 2.75) is 32.0 Å². The zero-order chi connectivity index (χ0) is 11.8. The maximum atomic E-state index is 13.3. The molecule has 0 heterocycles. The first-order valence-corrected chi connectivity index (χ1v) is 5.45. The van der Waals surface area contributed by atoms with Gasteiger partial charge in [-0.2, -0.15) is 0 Å². The van der Waals surface area contributed by atoms with Crippen LogP contribution in [0.4, 0.5) is 18.9 Å². The summed E-state index contributed by atoms with van der Waals surface area (Å²) in [7, 11) is 0. The van der Waals surface area contributed by atoms with E-state index in [1.54, 1.807) is 12.1 Å². The van der Waals surface area contributed by atoms with Gasteiger partial charge < -0.3 is 5.32 Å². The van der Waals surface area contributed by atoms with Crippen LogP contribution >= 0.6 is 0 Å². The first-order chi connectivity index (χ1) is 7.74. The molecule has 90 valence electrons. The molecule has 1 nitrogen and oxygen atoms in total. The van der Waals surface area contributed by atoms with E-state index in [0.717, 1.165) is 0 Å². The molecule has 0 radical (unpaired) electrons. The van der Waals surface area contributed by atoms with Crippen LogP contribution in [0.25, 0.3) is 0 Å². The van der Waals surface area contributed by atoms with Crippen molar-refractivity contribution >= 4 is 5.69 Å². The van der Waals surface area contributed by atoms with Crippen molar-refractivity contribution in [1.82, 2.24) is 0 Å². The number of anilines is 1. The van der Waals surface area contributed by atoms with Gasteiger partial charge in [-0.05, 0) is 31.4 Å². The molecular weight excluding hydrogens is 215 g/mol. The van der Waals surface area contributed by atoms with E-state index in [-0.39, 0.29) is 18.8 Å². The van der Waals surface area contributed by atoms with E-state index in [1.165, 1.54) is 12.1 Å². The van der Waals surface area contributed by atoms with Gasteiger partial charge in [-0.3, -0.25) is 4.39 Å². The lowest BCUT2D eigenvalue weighted by Gasteiger charge is -2.12. The number of hydrogen-bond acceptors (Lipinski definition) is 1. The fourth-order valence-corrected chi connectivity index (χ4v) is 1.41. The Labute approximate surface area is 93.7 Å². The quantitative estimate of drug-likeness (QED) is 0.551. The monoisotopic (exact) mass is 231 g/mol. The summed E-state index contributed by atoms with van der Waals surface area (Å²) < 4.78 is 38.2. The molecule has 0 aromatic heterocycles. The van der Waals surface area contributed by atoms with Crippen LogP contribution in [0.5, 0.6) is 0 Å². The van der Waals surface area contributed by atoms with Crippen LogP contribution < -0.4 is 5.32 Å². The summed E-state index contributed by atoms with van der Waals surface area (Å²) in [5, 5.41) is 2.45. The molecule has 0 aliphatic heterocycles. The van der Waals surface area contributed by atoms with E-state index in [0.29, 0.717) is 19.3 Å². The van der Waals surface area contributed by atoms with Gasteiger partial charge in [-0.25, -0.2) is 8.78 Å². The van der Waals surface area contributed by atoms with Gasteiger partial charge in [0.25, 0.3) is 0 Å². The molecule has 0 spiro atoms. The fourth-order valence-electron chi connectivity index (χ4n) is 1.41. The van der Waals surface area contributed by atoms with Crippen LogP contribution in [0.15, 0.2) is 24.3 Å². The molecule has 1 rings (SSSR count). The third-order valence-corrected chi connectivity index (χ3v) is 2.28. The first kappa shape index (κ1) is 12.9. The van der Waals surface area contributed by atoms with E-state index >= 15 is 0 Å². The minimum atomic E-state index is -1.28. The second kappa shape index (κ2) is 7.14. The fraction of sp³-hybridized carbons (Fsp3) is 0.500. The molecule has 0 saturated heterocycles. The summed E-state index contributed by atoms with van der Waals surface area (Å²) in [4.78, 5) is 0. The van der Waals surface area contributed by atoms with Crippen molar-refractivity contribution in [2.24, 2.45) is 0 Å². The first-order valence-electron chi connectivity index (χ1n) is 5.45. The summed E-state index contributed by atoms with van der Waals surface area (Å²) in [6.45, 7) is -0.363. The van der Waals surface area contributed by atoms with Crippen LogP contribution in [0.2, 0.25) is 0 Å². The Balaban J connectivity index is 2.28. The number of halogens is 3. The molecule has 1 aromatic rings. The van der Waals surface area contributed by atoms with Crippen molar-refractivity contribution < 1.29 is 13.2 Å². The lowest BCUT2D eigenvalue weighted by molar-refractivity contribution is 0.335. The smallest absolute Gasteiger partial charge is 0.170 e. The van der Waals surface area contributed by atoms with E-state index in [4.69, 9.17) is 0 Å². The van der Waals surface area contributed by atoms with E-state index in [1.807, 2.05) is 0 Å². The van der Waals surface area contributed by atoms with Crippen LogP contribution in [0.3, 0.4) is 0 Å². The number of unbranched alkanes of at least 4 members (excludes halogenated alkanes) is 2. The van der Waals surface area contributed by atoms with Crippen LogP contribution in [-0.2, 0) is 0 Å². The zero-order valence-electron chi connectivity index (χ0n) is 9.06. The molecule has 0 fully saturated rings. The van der Waals surface area contributed by atoms with Crippen molar-refractivity contribution in [3.63, 3.8) is 0 Å². The average Bonchev–Trinajstić information content (AvgIpc) is 2.28. The summed E-state index contributed by atoms with van der Waals surface area (Å²) in [5.74, 6) is -0.464. The topological polar surface area (TPSA) is 12.0 Å². The molecule has 16 heavy (non-hydrogen) atoms. The maximum absolute atomic E-state index is 13.3. The molecule has 0 bridgehead atoms. The Kier molecular flexibility index (Phi) is 5.75. The molecule has 1 N–H and O–H groups in total. The summed E-state index contributed by atoms with van der Waals surface area (Å²) >= 11 is 0. The van der Waals surface area contributed by atoms with E-state index in [9.17, 15) is 13.2 Å². The molecule has 1 aromatic carbocycles. The van der Waals surface area contributed by atoms with Crippen LogP contribution in [-0.4, -0.2) is 13.0 Å². The third-order valence-electron chi connectivity index (χ3n) is 2.28. The number of rotatable bonds is 7. The second-order valence-corrected chi connectivity index (χ2v) is 3.63. The Morgan fingerprint density at radius 1 is 1.12 bits per heavy atom. The molecule has 0 aliphatic rings. The van der Waals surface area contributed by atoms with Gasteiger partial charge in [0.15, 0.2) is 6.30 Å². The van der Waals surface area contributed by atoms with Gasteiger partial charge in [0.05, 0.1) is 12.4 Å². The normalized spacial score (nSPS) is 12.4. The average molecular weight is 231 g/mol. The molecule has 0 aliphatic carbocycles. The lowest BCUT2D eigenvalue weighted by Crippen LogP contribution is -2.14. The molecular formula is C12H16F3N. The van der Waals surface area contributed by atoms with Gasteiger partial charge in [-0.15, -0.1) is 0 Å². The molecule has 0 amide bonds. The lowest BCUT2D eigenvalue weighted by atomic mass is 10.2. The molecule has 1 atom stereocenters. The van der Waals surface area contributed by atoms with Gasteiger partial charge >= 0.3 is 0 Å². The number of hydrogen-bond donors (Lipinski definition) is 1. The van der Waals surface area contributed by atoms with Crippen molar-refractivity contribution in [3.05, 3.63) is 30.1 Å². The highest BCUT2D eigenvalue weighted by Gasteiger charge is 2.08. The zero-order valence-corrected chi connectivity index (χ0v) is 9.06. The Morgan fingerprint density at radius 2 is 1.88 bits per heavy atom. The maximum Gasteiger partial charge on any atom is 0.170 e. The Bertz CT molecular complexity index is 304. The van der Waals surface area contributed by atoms with Gasteiger partial charge in [-0.1, -0.05) is 18.6 Å². The molecule has 1 unspecified atom stereocenters. The number of nitrogens with one attached hydrogen (secondary N) is 1. The number of benzene rings is 1. The van der Waals surface area contributed by atoms with Gasteiger partial charge in [0.1, 0.15) is 5.82 Å². The Hall–Kier alpha value is -1.19. The van der Waals surface area contributed by atoms with Crippen molar-refractivity contribution in [3.8, 4) is 0 Å². The minimum absolute atomic E-state index is 0.167. The minimum Gasteiger partial charge on any atom is -0.354 e. The van der Waals surface area contributed by atoms with Crippen LogP contribution in [0.1, 0.15) is 25.7 Å². The van der Waals surface area contributed by atoms with Crippen molar-refractivity contribution in [1.29, 1.82) is 0 Å². The Morgan fingerprint density at radius 3 is 2.56 bits per heavy atom. The number of alkyl halides is 2. The summed E-state index contributed by atoms with van der Waals surface area (Å²) in [6.07, 6.45) is 0.722. The largest absolute Gasteiger partial charge is 0.354 e. The highest BCUT2D eigenvalue weighted by molar-refractivity contribution is 5.44. The summed E-state index contributed by atoms with van der Waals surface area (Å²) in [6, 6.07) is 5.96. The second-order valence-electron chi connectivity index (χ2n) is 3.63. The highest BCUT2D eigenvalue weighted by Crippen LogP contribution is 2.16. The highest BCUT2D eigenvalue weighted by atomic mass is 19.1. The third kappa shape index (κ3) is 4.55. The summed E-state index contributed by atoms with van der Waals surface area (Å²) in [5.41, 5.74) is 0.167. The van der Waals surface area contributed by atoms with Crippen molar-refractivity contribution in [2.75, 3.05) is 12.0 Å². The van der Waals surface area contributed by atoms with Gasteiger partial charge in [0, 0.05) is 0 Å². The SMILES string of the molecule is FCCCCCC(F)Nc1ccccc1F. The molecule has 0 saturated carbocycles. The predicted octanol–water partition coefficient (Wildman–Crippen LogP) is 4.06. The van der Waals surface area contributed by atoms with Crippen LogP contribution in [0, 0.1) is 5.82 Å². The number of para-hydroxylation sites is 1.